The Bertz CT molecular complexity index is 1290. The number of halogens is 2. The van der Waals surface area contributed by atoms with Crippen molar-refractivity contribution in [2.24, 2.45) is 0 Å². The molecule has 1 heterocycles. The van der Waals surface area contributed by atoms with Crippen molar-refractivity contribution in [3.05, 3.63) is 75.2 Å². The molecule has 164 valence electrons. The van der Waals surface area contributed by atoms with Gasteiger partial charge in [-0.2, -0.15) is 0 Å². The van der Waals surface area contributed by atoms with Crippen LogP contribution in [0.2, 0.25) is 5.02 Å². The molecule has 1 N–H and O–H groups in total. The Hall–Kier alpha value is -3.03. The summed E-state index contributed by atoms with van der Waals surface area (Å²) in [5.41, 5.74) is 3.61. The number of hydrogen-bond acceptors (Lipinski definition) is 5. The van der Waals surface area contributed by atoms with E-state index in [9.17, 15) is 4.79 Å². The number of rotatable bonds is 7. The van der Waals surface area contributed by atoms with Crippen LogP contribution in [-0.4, -0.2) is 29.7 Å². The first-order valence-electron chi connectivity index (χ1n) is 9.91. The number of ether oxygens (including phenoxy) is 3. The second-order valence-electron chi connectivity index (χ2n) is 6.91. The molecular weight excluding hydrogens is 496 g/mol. The number of benzene rings is 3. The Balaban J connectivity index is 1.68. The SMILES string of the molecule is CCOc1cc(-c2nc3ccc(C(=O)OC)cc3[nH]2)cc(Br)c1OCc1ccccc1Cl. The molecule has 0 radical (unpaired) electrons. The number of nitrogens with one attached hydrogen (secondary N) is 1. The zero-order valence-electron chi connectivity index (χ0n) is 17.4. The van der Waals surface area contributed by atoms with Gasteiger partial charge in [0, 0.05) is 16.1 Å². The lowest BCUT2D eigenvalue weighted by Gasteiger charge is -2.15. The van der Waals surface area contributed by atoms with E-state index in [0.717, 1.165) is 26.6 Å². The number of aromatic nitrogens is 2. The van der Waals surface area contributed by atoms with E-state index in [-0.39, 0.29) is 0 Å². The molecule has 0 aliphatic heterocycles. The van der Waals surface area contributed by atoms with E-state index in [4.69, 9.17) is 25.8 Å². The first kappa shape index (κ1) is 22.2. The Morgan fingerprint density at radius 3 is 2.69 bits per heavy atom. The number of esters is 1. The summed E-state index contributed by atoms with van der Waals surface area (Å²) < 4.78 is 17.4. The summed E-state index contributed by atoms with van der Waals surface area (Å²) in [6.07, 6.45) is 0. The predicted molar refractivity (Wildman–Crippen MR) is 128 cm³/mol. The summed E-state index contributed by atoms with van der Waals surface area (Å²) in [6, 6.07) is 16.5. The number of carbonyl (C=O) groups is 1. The number of carbonyl (C=O) groups excluding carboxylic acids is 1. The van der Waals surface area contributed by atoms with Gasteiger partial charge in [0.25, 0.3) is 0 Å². The topological polar surface area (TPSA) is 73.4 Å². The molecule has 1 aromatic heterocycles. The molecule has 0 unspecified atom stereocenters. The van der Waals surface area contributed by atoms with Crippen LogP contribution in [0, 0.1) is 0 Å². The molecule has 32 heavy (non-hydrogen) atoms. The number of H-pyrrole nitrogens is 1. The Morgan fingerprint density at radius 2 is 1.94 bits per heavy atom. The zero-order valence-corrected chi connectivity index (χ0v) is 19.8. The third-order valence-corrected chi connectivity index (χ3v) is 5.77. The molecule has 0 amide bonds. The van der Waals surface area contributed by atoms with E-state index >= 15 is 0 Å². The molecule has 4 aromatic rings. The second kappa shape index (κ2) is 9.63. The fourth-order valence-corrected chi connectivity index (χ4v) is 4.01. The lowest BCUT2D eigenvalue weighted by molar-refractivity contribution is 0.0601. The van der Waals surface area contributed by atoms with Crippen LogP contribution in [0.5, 0.6) is 11.5 Å². The molecule has 4 rings (SSSR count). The minimum atomic E-state index is -0.399. The van der Waals surface area contributed by atoms with Gasteiger partial charge in [-0.05, 0) is 59.3 Å². The van der Waals surface area contributed by atoms with E-state index in [1.165, 1.54) is 7.11 Å². The normalized spacial score (nSPS) is 10.9. The van der Waals surface area contributed by atoms with E-state index in [2.05, 4.69) is 25.9 Å². The third kappa shape index (κ3) is 4.59. The van der Waals surface area contributed by atoms with Gasteiger partial charge < -0.3 is 19.2 Å². The van der Waals surface area contributed by atoms with Crippen molar-refractivity contribution in [2.45, 2.75) is 13.5 Å². The minimum Gasteiger partial charge on any atom is -0.490 e. The van der Waals surface area contributed by atoms with Crippen molar-refractivity contribution in [1.82, 2.24) is 9.97 Å². The van der Waals surface area contributed by atoms with Gasteiger partial charge in [-0.3, -0.25) is 0 Å². The van der Waals surface area contributed by atoms with Gasteiger partial charge in [0.15, 0.2) is 11.5 Å². The maximum Gasteiger partial charge on any atom is 0.337 e. The van der Waals surface area contributed by atoms with Crippen LogP contribution in [0.1, 0.15) is 22.8 Å². The second-order valence-corrected chi connectivity index (χ2v) is 8.17. The average Bonchev–Trinajstić information content (AvgIpc) is 3.22. The van der Waals surface area contributed by atoms with E-state index in [0.29, 0.717) is 41.1 Å². The summed E-state index contributed by atoms with van der Waals surface area (Å²) in [7, 11) is 1.35. The summed E-state index contributed by atoms with van der Waals surface area (Å²) in [6.45, 7) is 2.69. The quantitative estimate of drug-likeness (QED) is 0.288. The molecule has 0 spiro atoms. The fraction of sp³-hybridized carbons (Fsp3) is 0.167. The minimum absolute atomic E-state index is 0.304. The number of aromatic amines is 1. The van der Waals surface area contributed by atoms with Crippen LogP contribution in [0.25, 0.3) is 22.4 Å². The standard InChI is InChI=1S/C24H20BrClN2O4/c1-3-31-21-12-16(10-17(25)22(21)32-13-15-6-4-5-7-18(15)26)23-27-19-9-8-14(24(29)30-2)11-20(19)28-23/h4-12H,3,13H2,1-2H3,(H,27,28). The van der Waals surface area contributed by atoms with Crippen LogP contribution < -0.4 is 9.47 Å². The van der Waals surface area contributed by atoms with Crippen molar-refractivity contribution < 1.29 is 19.0 Å². The van der Waals surface area contributed by atoms with Crippen LogP contribution in [0.3, 0.4) is 0 Å². The van der Waals surface area contributed by atoms with Crippen LogP contribution >= 0.6 is 27.5 Å². The van der Waals surface area contributed by atoms with Crippen LogP contribution in [0.4, 0.5) is 0 Å². The van der Waals surface area contributed by atoms with Crippen molar-refractivity contribution in [3.63, 3.8) is 0 Å². The summed E-state index contributed by atoms with van der Waals surface area (Å²) in [5, 5.41) is 0.645. The zero-order chi connectivity index (χ0) is 22.7. The number of hydrogen-bond donors (Lipinski definition) is 1. The monoisotopic (exact) mass is 514 g/mol. The molecular formula is C24H20BrClN2O4. The predicted octanol–water partition coefficient (Wildman–Crippen LogP) is 6.41. The Kier molecular flexibility index (Phi) is 6.67. The first-order valence-corrected chi connectivity index (χ1v) is 11.1. The molecule has 3 aromatic carbocycles. The van der Waals surface area contributed by atoms with Gasteiger partial charge in [-0.25, -0.2) is 9.78 Å². The highest BCUT2D eigenvalue weighted by molar-refractivity contribution is 9.10. The molecule has 0 saturated carbocycles. The largest absolute Gasteiger partial charge is 0.490 e. The number of methoxy groups -OCH3 is 1. The highest BCUT2D eigenvalue weighted by Gasteiger charge is 2.17. The van der Waals surface area contributed by atoms with Gasteiger partial charge in [-0.1, -0.05) is 29.8 Å². The molecule has 0 aliphatic rings. The highest BCUT2D eigenvalue weighted by atomic mass is 79.9. The van der Waals surface area contributed by atoms with Crippen LogP contribution in [0.15, 0.2) is 59.1 Å². The molecule has 0 aliphatic carbocycles. The Labute approximate surface area is 198 Å². The lowest BCUT2D eigenvalue weighted by Crippen LogP contribution is -2.01. The summed E-state index contributed by atoms with van der Waals surface area (Å²) >= 11 is 9.85. The molecule has 0 fully saturated rings. The van der Waals surface area contributed by atoms with Gasteiger partial charge in [-0.15, -0.1) is 0 Å². The average molecular weight is 516 g/mol. The van der Waals surface area contributed by atoms with E-state index < -0.39 is 5.97 Å². The summed E-state index contributed by atoms with van der Waals surface area (Å²) in [5.74, 6) is 1.41. The van der Waals surface area contributed by atoms with Crippen molar-refractivity contribution >= 4 is 44.5 Å². The fourth-order valence-electron chi connectivity index (χ4n) is 3.26. The van der Waals surface area contributed by atoms with Gasteiger partial charge in [0.05, 0.1) is 34.8 Å². The molecule has 0 saturated heterocycles. The lowest BCUT2D eigenvalue weighted by atomic mass is 10.2. The van der Waals surface area contributed by atoms with E-state index in [1.54, 1.807) is 18.2 Å². The number of nitrogens with zero attached hydrogens (tertiary/aromatic N) is 1. The van der Waals surface area contributed by atoms with Gasteiger partial charge in [0.1, 0.15) is 12.4 Å². The molecule has 8 heteroatoms. The van der Waals surface area contributed by atoms with Gasteiger partial charge >= 0.3 is 5.97 Å². The maximum atomic E-state index is 11.8. The third-order valence-electron chi connectivity index (χ3n) is 4.82. The van der Waals surface area contributed by atoms with Crippen molar-refractivity contribution in [1.29, 1.82) is 0 Å². The van der Waals surface area contributed by atoms with Crippen LogP contribution in [-0.2, 0) is 11.3 Å². The van der Waals surface area contributed by atoms with Crippen molar-refractivity contribution in [2.75, 3.05) is 13.7 Å². The molecule has 0 atom stereocenters. The van der Waals surface area contributed by atoms with Gasteiger partial charge in [0.2, 0.25) is 0 Å². The first-order chi connectivity index (χ1) is 15.5. The highest BCUT2D eigenvalue weighted by Crippen LogP contribution is 2.40. The smallest absolute Gasteiger partial charge is 0.337 e. The Morgan fingerprint density at radius 1 is 1.12 bits per heavy atom. The number of imidazole rings is 1. The van der Waals surface area contributed by atoms with Crippen molar-refractivity contribution in [3.8, 4) is 22.9 Å². The molecule has 6 nitrogen and oxygen atoms in total. The maximum absolute atomic E-state index is 11.8. The summed E-state index contributed by atoms with van der Waals surface area (Å²) in [4.78, 5) is 19.7. The molecule has 0 bridgehead atoms. The number of fused-ring (bicyclic) bond motifs is 1. The van der Waals surface area contributed by atoms with E-state index in [1.807, 2.05) is 43.3 Å².